The standard InChI is InChI=1S/C9H19N5O/c1-2-15-8-4-7-14-9(5-3-6-10)11-12-13-14/h2-8,10H2,1H3. The molecule has 0 aliphatic rings. The van der Waals surface area contributed by atoms with E-state index in [4.69, 9.17) is 10.5 Å². The monoisotopic (exact) mass is 213 g/mol. The van der Waals surface area contributed by atoms with Gasteiger partial charge in [-0.25, -0.2) is 4.68 Å². The van der Waals surface area contributed by atoms with Crippen molar-refractivity contribution in [3.05, 3.63) is 5.82 Å². The van der Waals surface area contributed by atoms with Gasteiger partial charge in [-0.05, 0) is 36.7 Å². The van der Waals surface area contributed by atoms with Gasteiger partial charge in [0.1, 0.15) is 0 Å². The smallest absolute Gasteiger partial charge is 0.151 e. The Bertz CT molecular complexity index is 263. The van der Waals surface area contributed by atoms with Crippen molar-refractivity contribution in [1.29, 1.82) is 0 Å². The zero-order chi connectivity index (χ0) is 10.9. The maximum Gasteiger partial charge on any atom is 0.151 e. The average Bonchev–Trinajstić information content (AvgIpc) is 2.69. The maximum atomic E-state index is 5.44. The summed E-state index contributed by atoms with van der Waals surface area (Å²) in [5, 5.41) is 11.5. The Hall–Kier alpha value is -1.01. The van der Waals surface area contributed by atoms with Gasteiger partial charge in [-0.3, -0.25) is 0 Å². The normalized spacial score (nSPS) is 10.8. The highest BCUT2D eigenvalue weighted by molar-refractivity contribution is 4.80. The molecule has 0 bridgehead atoms. The van der Waals surface area contributed by atoms with Gasteiger partial charge in [0.05, 0.1) is 0 Å². The van der Waals surface area contributed by atoms with E-state index in [1.165, 1.54) is 0 Å². The van der Waals surface area contributed by atoms with Crippen LogP contribution in [-0.2, 0) is 17.7 Å². The minimum absolute atomic E-state index is 0.672. The van der Waals surface area contributed by atoms with Gasteiger partial charge in [0.2, 0.25) is 0 Å². The third-order valence-corrected chi connectivity index (χ3v) is 2.07. The van der Waals surface area contributed by atoms with Crippen LogP contribution in [0.25, 0.3) is 0 Å². The predicted molar refractivity (Wildman–Crippen MR) is 56.3 cm³/mol. The first-order valence-corrected chi connectivity index (χ1v) is 5.41. The summed E-state index contributed by atoms with van der Waals surface area (Å²) in [5.74, 6) is 0.914. The van der Waals surface area contributed by atoms with Crippen LogP contribution in [-0.4, -0.2) is 40.0 Å². The molecule has 0 aliphatic carbocycles. The molecular formula is C9H19N5O. The number of aryl methyl sites for hydroxylation is 2. The second-order valence-electron chi connectivity index (χ2n) is 3.26. The molecule has 0 radical (unpaired) electrons. The number of hydrogen-bond acceptors (Lipinski definition) is 5. The van der Waals surface area contributed by atoms with Crippen molar-refractivity contribution in [3.63, 3.8) is 0 Å². The van der Waals surface area contributed by atoms with Crippen molar-refractivity contribution in [2.45, 2.75) is 32.7 Å². The van der Waals surface area contributed by atoms with Gasteiger partial charge in [-0.15, -0.1) is 5.10 Å². The molecule has 15 heavy (non-hydrogen) atoms. The van der Waals surface area contributed by atoms with Crippen LogP contribution in [0.3, 0.4) is 0 Å². The highest BCUT2D eigenvalue weighted by Crippen LogP contribution is 1.98. The highest BCUT2D eigenvalue weighted by atomic mass is 16.5. The number of ether oxygens (including phenoxy) is 1. The minimum atomic E-state index is 0.672. The predicted octanol–water partition coefficient (Wildman–Crippen LogP) is -0.00900. The number of aromatic nitrogens is 4. The molecule has 1 aromatic heterocycles. The molecule has 2 N–H and O–H groups in total. The number of nitrogens with zero attached hydrogens (tertiary/aromatic N) is 4. The molecule has 6 heteroatoms. The summed E-state index contributed by atoms with van der Waals surface area (Å²) in [6.45, 7) is 4.99. The molecule has 0 saturated heterocycles. The first-order valence-electron chi connectivity index (χ1n) is 5.41. The molecule has 86 valence electrons. The molecule has 6 nitrogen and oxygen atoms in total. The lowest BCUT2D eigenvalue weighted by atomic mass is 10.3. The Morgan fingerprint density at radius 3 is 3.00 bits per heavy atom. The molecule has 1 heterocycles. The van der Waals surface area contributed by atoms with E-state index < -0.39 is 0 Å². The van der Waals surface area contributed by atoms with Gasteiger partial charge >= 0.3 is 0 Å². The molecule has 0 spiro atoms. The third kappa shape index (κ3) is 4.35. The van der Waals surface area contributed by atoms with E-state index in [1.807, 2.05) is 11.6 Å². The lowest BCUT2D eigenvalue weighted by Crippen LogP contribution is -2.10. The van der Waals surface area contributed by atoms with Gasteiger partial charge < -0.3 is 10.5 Å². The SMILES string of the molecule is CCOCCCn1nnnc1CCCN. The Morgan fingerprint density at radius 2 is 2.27 bits per heavy atom. The molecule has 0 amide bonds. The zero-order valence-corrected chi connectivity index (χ0v) is 9.22. The van der Waals surface area contributed by atoms with E-state index in [1.54, 1.807) is 0 Å². The fraction of sp³-hybridized carbons (Fsp3) is 0.889. The van der Waals surface area contributed by atoms with Crippen molar-refractivity contribution in [3.8, 4) is 0 Å². The van der Waals surface area contributed by atoms with Gasteiger partial charge in [-0.2, -0.15) is 0 Å². The molecule has 0 unspecified atom stereocenters. The maximum absolute atomic E-state index is 5.44. The Balaban J connectivity index is 2.29. The topological polar surface area (TPSA) is 78.8 Å². The number of nitrogens with two attached hydrogens (primary N) is 1. The van der Waals surface area contributed by atoms with Gasteiger partial charge in [-0.1, -0.05) is 0 Å². The number of hydrogen-bond donors (Lipinski definition) is 1. The Labute approximate surface area is 89.8 Å². The van der Waals surface area contributed by atoms with Crippen LogP contribution >= 0.6 is 0 Å². The molecule has 1 rings (SSSR count). The Morgan fingerprint density at radius 1 is 1.40 bits per heavy atom. The van der Waals surface area contributed by atoms with Crippen LogP contribution < -0.4 is 5.73 Å². The largest absolute Gasteiger partial charge is 0.382 e. The van der Waals surface area contributed by atoms with Crippen LogP contribution in [0.5, 0.6) is 0 Å². The molecule has 1 aromatic rings. The lowest BCUT2D eigenvalue weighted by Gasteiger charge is -2.04. The van der Waals surface area contributed by atoms with Crippen molar-refractivity contribution >= 4 is 0 Å². The molecule has 0 aliphatic heterocycles. The lowest BCUT2D eigenvalue weighted by molar-refractivity contribution is 0.140. The van der Waals surface area contributed by atoms with Crippen LogP contribution in [0.15, 0.2) is 0 Å². The van der Waals surface area contributed by atoms with Crippen molar-refractivity contribution in [1.82, 2.24) is 20.2 Å². The summed E-state index contributed by atoms with van der Waals surface area (Å²) in [4.78, 5) is 0. The van der Waals surface area contributed by atoms with Gasteiger partial charge in [0.25, 0.3) is 0 Å². The fourth-order valence-electron chi connectivity index (χ4n) is 1.30. The average molecular weight is 213 g/mol. The summed E-state index contributed by atoms with van der Waals surface area (Å²) in [6.07, 6.45) is 2.71. The molecule has 0 saturated carbocycles. The van der Waals surface area contributed by atoms with Crippen molar-refractivity contribution in [2.75, 3.05) is 19.8 Å². The third-order valence-electron chi connectivity index (χ3n) is 2.07. The zero-order valence-electron chi connectivity index (χ0n) is 9.22. The molecular weight excluding hydrogens is 194 g/mol. The summed E-state index contributed by atoms with van der Waals surface area (Å²) < 4.78 is 7.08. The first-order chi connectivity index (χ1) is 7.38. The number of rotatable bonds is 8. The highest BCUT2D eigenvalue weighted by Gasteiger charge is 2.04. The van der Waals surface area contributed by atoms with Crippen LogP contribution in [0.2, 0.25) is 0 Å². The van der Waals surface area contributed by atoms with Gasteiger partial charge in [0.15, 0.2) is 5.82 Å². The summed E-state index contributed by atoms with van der Waals surface area (Å²) in [5.41, 5.74) is 5.44. The first kappa shape index (κ1) is 12.1. The second kappa shape index (κ2) is 7.30. The van der Waals surface area contributed by atoms with E-state index in [2.05, 4.69) is 15.5 Å². The Kier molecular flexibility index (Phi) is 5.87. The van der Waals surface area contributed by atoms with E-state index in [-0.39, 0.29) is 0 Å². The quantitative estimate of drug-likeness (QED) is 0.614. The van der Waals surface area contributed by atoms with Crippen molar-refractivity contribution < 1.29 is 4.74 Å². The summed E-state index contributed by atoms with van der Waals surface area (Å²) in [6, 6.07) is 0. The second-order valence-corrected chi connectivity index (χ2v) is 3.26. The summed E-state index contributed by atoms with van der Waals surface area (Å²) >= 11 is 0. The molecule has 0 fully saturated rings. The van der Waals surface area contributed by atoms with Crippen LogP contribution in [0.4, 0.5) is 0 Å². The molecule has 0 aromatic carbocycles. The van der Waals surface area contributed by atoms with E-state index in [9.17, 15) is 0 Å². The minimum Gasteiger partial charge on any atom is -0.382 e. The summed E-state index contributed by atoms with van der Waals surface area (Å²) in [7, 11) is 0. The number of tetrazole rings is 1. The van der Waals surface area contributed by atoms with E-state index in [0.29, 0.717) is 6.54 Å². The van der Waals surface area contributed by atoms with Gasteiger partial charge in [0, 0.05) is 26.2 Å². The fourth-order valence-corrected chi connectivity index (χ4v) is 1.30. The van der Waals surface area contributed by atoms with Crippen LogP contribution in [0, 0.1) is 0 Å². The van der Waals surface area contributed by atoms with Crippen molar-refractivity contribution in [2.24, 2.45) is 5.73 Å². The van der Waals surface area contributed by atoms with E-state index >= 15 is 0 Å². The van der Waals surface area contributed by atoms with Crippen LogP contribution in [0.1, 0.15) is 25.6 Å². The van der Waals surface area contributed by atoms with E-state index in [0.717, 1.165) is 44.8 Å². The molecule has 0 atom stereocenters.